The Morgan fingerprint density at radius 3 is 2.56 bits per heavy atom. The Hall–Kier alpha value is -1.90. The van der Waals surface area contributed by atoms with E-state index in [2.05, 4.69) is 21.6 Å². The summed E-state index contributed by atoms with van der Waals surface area (Å²) in [5, 5.41) is 8.24. The highest BCUT2D eigenvalue weighted by Crippen LogP contribution is 2.38. The second kappa shape index (κ2) is 12.6. The number of likely N-dealkylation sites (tertiary alicyclic amines) is 1. The Morgan fingerprint density at radius 2 is 1.86 bits per heavy atom. The first kappa shape index (κ1) is 28.7. The minimum atomic E-state index is -4.05. The molecule has 0 aliphatic carbocycles. The van der Waals surface area contributed by atoms with Crippen LogP contribution in [-0.4, -0.2) is 68.5 Å². The van der Waals surface area contributed by atoms with Gasteiger partial charge in [0.2, 0.25) is 11.8 Å². The van der Waals surface area contributed by atoms with E-state index in [4.69, 9.17) is 9.79 Å². The zero-order chi connectivity index (χ0) is 26.3. The van der Waals surface area contributed by atoms with Crippen LogP contribution in [0.1, 0.15) is 45.6 Å². The number of carbonyl (C=O) groups excluding carboxylic acids is 2. The molecule has 1 aliphatic heterocycles. The van der Waals surface area contributed by atoms with E-state index in [-0.39, 0.29) is 23.4 Å². The lowest BCUT2D eigenvalue weighted by atomic mass is 9.98. The van der Waals surface area contributed by atoms with Gasteiger partial charge in [0.1, 0.15) is 6.04 Å². The number of carbonyl (C=O) groups is 2. The van der Waals surface area contributed by atoms with E-state index in [0.29, 0.717) is 25.1 Å². The normalized spacial score (nSPS) is 18.1. The van der Waals surface area contributed by atoms with Gasteiger partial charge in [-0.2, -0.15) is 0 Å². The van der Waals surface area contributed by atoms with Crippen LogP contribution >= 0.6 is 19.4 Å². The Labute approximate surface area is 217 Å². The van der Waals surface area contributed by atoms with Crippen molar-refractivity contribution in [3.63, 3.8) is 0 Å². The number of benzene rings is 2. The number of piperidine rings is 1. The molecule has 0 saturated carbocycles. The van der Waals surface area contributed by atoms with Gasteiger partial charge in [0.15, 0.2) is 0 Å². The smallest absolute Gasteiger partial charge is 0.335 e. The minimum Gasteiger partial charge on any atom is -0.350 e. The number of nitrogens with one attached hydrogen (secondary N) is 2. The molecule has 1 aliphatic rings. The molecule has 4 N–H and O–H groups in total. The number of amides is 2. The summed E-state index contributed by atoms with van der Waals surface area (Å²) in [5.74, 6) is 0.132. The van der Waals surface area contributed by atoms with Crippen LogP contribution in [0.25, 0.3) is 10.8 Å². The van der Waals surface area contributed by atoms with Gasteiger partial charge in [-0.05, 0) is 56.5 Å². The third kappa shape index (κ3) is 9.20. The SMILES string of the molecule is CC(C)(C)NC(=O)C(Cc1ccc2ccccc2c1)NC(=O)C1CCCCN1CCSCP(=O)(O)O. The van der Waals surface area contributed by atoms with Crippen LogP contribution in [0.2, 0.25) is 0 Å². The van der Waals surface area contributed by atoms with Crippen LogP contribution < -0.4 is 10.6 Å². The quantitative estimate of drug-likeness (QED) is 0.272. The summed E-state index contributed by atoms with van der Waals surface area (Å²) in [4.78, 5) is 46.9. The van der Waals surface area contributed by atoms with Crippen molar-refractivity contribution in [2.75, 3.05) is 24.3 Å². The molecule has 2 atom stereocenters. The summed E-state index contributed by atoms with van der Waals surface area (Å²) in [6.07, 6.45) is 2.97. The number of rotatable bonds is 10. The van der Waals surface area contributed by atoms with E-state index in [1.807, 2.05) is 57.2 Å². The van der Waals surface area contributed by atoms with Gasteiger partial charge in [-0.15, -0.1) is 11.8 Å². The minimum absolute atomic E-state index is 0.176. The molecule has 0 bridgehead atoms. The first-order chi connectivity index (χ1) is 16.9. The maximum atomic E-state index is 13.4. The van der Waals surface area contributed by atoms with Crippen molar-refractivity contribution < 1.29 is 23.9 Å². The fourth-order valence-electron chi connectivity index (χ4n) is 4.46. The number of hydrogen-bond donors (Lipinski definition) is 4. The van der Waals surface area contributed by atoms with Crippen molar-refractivity contribution in [3.05, 3.63) is 48.0 Å². The highest BCUT2D eigenvalue weighted by atomic mass is 32.2. The molecule has 8 nitrogen and oxygen atoms in total. The van der Waals surface area contributed by atoms with Crippen LogP contribution in [0.5, 0.6) is 0 Å². The Kier molecular flexibility index (Phi) is 10.0. The number of hydrogen-bond acceptors (Lipinski definition) is 5. The molecule has 2 unspecified atom stereocenters. The first-order valence-electron chi connectivity index (χ1n) is 12.4. The molecule has 36 heavy (non-hydrogen) atoms. The third-order valence-corrected chi connectivity index (χ3v) is 8.63. The Bertz CT molecular complexity index is 1100. The molecular formula is C26H38N3O5PS. The van der Waals surface area contributed by atoms with E-state index >= 15 is 0 Å². The summed E-state index contributed by atoms with van der Waals surface area (Å²) in [5.41, 5.74) is 0.312. The lowest BCUT2D eigenvalue weighted by molar-refractivity contribution is -0.133. The molecule has 2 aromatic rings. The summed E-state index contributed by atoms with van der Waals surface area (Å²) >= 11 is 1.19. The van der Waals surface area contributed by atoms with Crippen LogP contribution in [-0.2, 0) is 20.6 Å². The molecule has 1 fully saturated rings. The molecular weight excluding hydrogens is 497 g/mol. The maximum absolute atomic E-state index is 13.4. The number of nitrogens with zero attached hydrogens (tertiary/aromatic N) is 1. The summed E-state index contributed by atoms with van der Waals surface area (Å²) in [7, 11) is -4.05. The van der Waals surface area contributed by atoms with Crippen molar-refractivity contribution >= 4 is 41.9 Å². The molecule has 1 heterocycles. The Morgan fingerprint density at radius 1 is 1.14 bits per heavy atom. The highest BCUT2D eigenvalue weighted by molar-refractivity contribution is 8.04. The molecule has 10 heteroatoms. The van der Waals surface area contributed by atoms with E-state index in [9.17, 15) is 14.2 Å². The van der Waals surface area contributed by atoms with Crippen molar-refractivity contribution in [2.45, 2.75) is 64.1 Å². The van der Waals surface area contributed by atoms with E-state index in [1.165, 1.54) is 11.8 Å². The molecule has 2 amide bonds. The molecule has 1 saturated heterocycles. The predicted octanol–water partition coefficient (Wildman–Crippen LogP) is 3.50. The zero-order valence-corrected chi connectivity index (χ0v) is 23.0. The monoisotopic (exact) mass is 535 g/mol. The van der Waals surface area contributed by atoms with Crippen LogP contribution in [0.4, 0.5) is 0 Å². The number of fused-ring (bicyclic) bond motifs is 1. The predicted molar refractivity (Wildman–Crippen MR) is 146 cm³/mol. The average Bonchev–Trinajstić information content (AvgIpc) is 2.80. The van der Waals surface area contributed by atoms with E-state index in [0.717, 1.165) is 35.7 Å². The molecule has 0 radical (unpaired) electrons. The summed E-state index contributed by atoms with van der Waals surface area (Å²) < 4.78 is 11.1. The van der Waals surface area contributed by atoms with Gasteiger partial charge in [-0.25, -0.2) is 0 Å². The third-order valence-electron chi connectivity index (χ3n) is 6.08. The van der Waals surface area contributed by atoms with Gasteiger partial charge >= 0.3 is 7.60 Å². The molecule has 198 valence electrons. The fraction of sp³-hybridized carbons (Fsp3) is 0.538. The summed E-state index contributed by atoms with van der Waals surface area (Å²) in [6.45, 7) is 7.05. The first-order valence-corrected chi connectivity index (χ1v) is 15.3. The lowest BCUT2D eigenvalue weighted by Gasteiger charge is -2.35. The molecule has 0 aromatic heterocycles. The highest BCUT2D eigenvalue weighted by Gasteiger charge is 2.32. The maximum Gasteiger partial charge on any atom is 0.335 e. The summed E-state index contributed by atoms with van der Waals surface area (Å²) in [6, 6.07) is 13.1. The molecule has 3 rings (SSSR count). The van der Waals surface area contributed by atoms with Crippen molar-refractivity contribution in [3.8, 4) is 0 Å². The van der Waals surface area contributed by atoms with Crippen LogP contribution in [0.3, 0.4) is 0 Å². The van der Waals surface area contributed by atoms with E-state index < -0.39 is 19.2 Å². The van der Waals surface area contributed by atoms with Crippen molar-refractivity contribution in [2.24, 2.45) is 0 Å². The standard InChI is InChI=1S/C26H38N3O5PS/c1-26(2,3)28-24(30)22(17-19-11-12-20-8-4-5-9-21(20)16-19)27-25(31)23-10-6-7-13-29(23)14-15-36-18-35(32,33)34/h4-5,8-9,11-12,16,22-23H,6-7,10,13-15,17-18H2,1-3H3,(H,27,31)(H,28,30)(H2,32,33,34). The van der Waals surface area contributed by atoms with Crippen LogP contribution in [0, 0.1) is 0 Å². The number of thioether (sulfide) groups is 1. The van der Waals surface area contributed by atoms with Gasteiger partial charge in [-0.1, -0.05) is 48.9 Å². The molecule has 2 aromatic carbocycles. The second-order valence-corrected chi connectivity index (χ2v) is 13.6. The largest absolute Gasteiger partial charge is 0.350 e. The Balaban J connectivity index is 1.71. The fourth-order valence-corrected chi connectivity index (χ4v) is 6.29. The lowest BCUT2D eigenvalue weighted by Crippen LogP contribution is -2.57. The van der Waals surface area contributed by atoms with Gasteiger partial charge in [0.05, 0.1) is 11.5 Å². The second-order valence-electron chi connectivity index (χ2n) is 10.4. The van der Waals surface area contributed by atoms with Gasteiger partial charge in [0.25, 0.3) is 0 Å². The van der Waals surface area contributed by atoms with Gasteiger partial charge in [0, 0.05) is 24.3 Å². The average molecular weight is 536 g/mol. The zero-order valence-electron chi connectivity index (χ0n) is 21.3. The van der Waals surface area contributed by atoms with Gasteiger partial charge < -0.3 is 20.4 Å². The van der Waals surface area contributed by atoms with E-state index in [1.54, 1.807) is 0 Å². The van der Waals surface area contributed by atoms with Crippen molar-refractivity contribution in [1.82, 2.24) is 15.5 Å². The topological polar surface area (TPSA) is 119 Å². The van der Waals surface area contributed by atoms with Crippen LogP contribution in [0.15, 0.2) is 42.5 Å². The van der Waals surface area contributed by atoms with Gasteiger partial charge in [-0.3, -0.25) is 19.1 Å². The molecule has 0 spiro atoms. The van der Waals surface area contributed by atoms with Crippen molar-refractivity contribution in [1.29, 1.82) is 0 Å².